The third kappa shape index (κ3) is 5.31. The Hall–Kier alpha value is -0.830. The fourth-order valence-electron chi connectivity index (χ4n) is 1.90. The van der Waals surface area contributed by atoms with E-state index in [4.69, 9.17) is 0 Å². The lowest BCUT2D eigenvalue weighted by Crippen LogP contribution is -2.33. The lowest BCUT2D eigenvalue weighted by molar-refractivity contribution is -0.121. The standard InChI is InChI=1S/C13H24N2O/c1-3-12(2)6-7-13(16)14-8-11-15-9-4-5-10-15/h3H,4-11H2,1-2H3,(H,14,16). The van der Waals surface area contributed by atoms with E-state index >= 15 is 0 Å². The predicted molar refractivity (Wildman–Crippen MR) is 67.3 cm³/mol. The first-order valence-electron chi connectivity index (χ1n) is 6.33. The minimum Gasteiger partial charge on any atom is -0.355 e. The van der Waals surface area contributed by atoms with Crippen LogP contribution < -0.4 is 5.32 Å². The Morgan fingerprint density at radius 2 is 2.00 bits per heavy atom. The SMILES string of the molecule is CC=C(C)CCC(=O)NCCN1CCCC1. The van der Waals surface area contributed by atoms with Gasteiger partial charge in [0, 0.05) is 19.5 Å². The molecule has 0 saturated carbocycles. The van der Waals surface area contributed by atoms with E-state index in [1.54, 1.807) is 0 Å². The molecule has 0 aromatic carbocycles. The minimum atomic E-state index is 0.181. The predicted octanol–water partition coefficient (Wildman–Crippen LogP) is 1.94. The van der Waals surface area contributed by atoms with Gasteiger partial charge in [-0.15, -0.1) is 0 Å². The van der Waals surface area contributed by atoms with Crippen LogP contribution in [0.3, 0.4) is 0 Å². The highest BCUT2D eigenvalue weighted by Gasteiger charge is 2.10. The average Bonchev–Trinajstić information content (AvgIpc) is 2.79. The molecular weight excluding hydrogens is 200 g/mol. The van der Waals surface area contributed by atoms with Crippen molar-refractivity contribution in [2.24, 2.45) is 0 Å². The summed E-state index contributed by atoms with van der Waals surface area (Å²) < 4.78 is 0. The van der Waals surface area contributed by atoms with Crippen LogP contribution in [0.2, 0.25) is 0 Å². The summed E-state index contributed by atoms with van der Waals surface area (Å²) in [6, 6.07) is 0. The molecule has 1 fully saturated rings. The summed E-state index contributed by atoms with van der Waals surface area (Å²) in [5, 5.41) is 2.98. The van der Waals surface area contributed by atoms with Crippen molar-refractivity contribution in [3.63, 3.8) is 0 Å². The van der Waals surface area contributed by atoms with Gasteiger partial charge in [0.2, 0.25) is 5.91 Å². The second-order valence-corrected chi connectivity index (χ2v) is 4.53. The molecule has 1 amide bonds. The van der Waals surface area contributed by atoms with Gasteiger partial charge in [0.15, 0.2) is 0 Å². The van der Waals surface area contributed by atoms with Crippen molar-refractivity contribution in [3.8, 4) is 0 Å². The Balaban J connectivity index is 2.01. The monoisotopic (exact) mass is 224 g/mol. The molecule has 1 aliphatic heterocycles. The molecule has 0 radical (unpaired) electrons. The first-order chi connectivity index (χ1) is 7.72. The summed E-state index contributed by atoms with van der Waals surface area (Å²) >= 11 is 0. The van der Waals surface area contributed by atoms with Gasteiger partial charge < -0.3 is 10.2 Å². The zero-order valence-corrected chi connectivity index (χ0v) is 10.6. The molecule has 0 aromatic heterocycles. The lowest BCUT2D eigenvalue weighted by Gasteiger charge is -2.14. The van der Waals surface area contributed by atoms with E-state index in [9.17, 15) is 4.79 Å². The van der Waals surface area contributed by atoms with Crippen LogP contribution in [0.15, 0.2) is 11.6 Å². The number of carbonyl (C=O) groups excluding carboxylic acids is 1. The Kier molecular flexibility index (Phi) is 6.16. The van der Waals surface area contributed by atoms with Crippen molar-refractivity contribution in [2.45, 2.75) is 39.5 Å². The minimum absolute atomic E-state index is 0.181. The van der Waals surface area contributed by atoms with E-state index in [2.05, 4.69) is 23.2 Å². The van der Waals surface area contributed by atoms with Crippen molar-refractivity contribution >= 4 is 5.91 Å². The van der Waals surface area contributed by atoms with Gasteiger partial charge >= 0.3 is 0 Å². The Morgan fingerprint density at radius 1 is 1.31 bits per heavy atom. The Labute approximate surface area is 98.9 Å². The molecule has 1 heterocycles. The normalized spacial score (nSPS) is 17.8. The van der Waals surface area contributed by atoms with Crippen LogP contribution in [0.4, 0.5) is 0 Å². The second kappa shape index (κ2) is 7.44. The summed E-state index contributed by atoms with van der Waals surface area (Å²) in [4.78, 5) is 13.9. The topological polar surface area (TPSA) is 32.3 Å². The third-order valence-corrected chi connectivity index (χ3v) is 3.19. The molecule has 1 rings (SSSR count). The zero-order valence-electron chi connectivity index (χ0n) is 10.6. The number of allylic oxidation sites excluding steroid dienone is 2. The van der Waals surface area contributed by atoms with Crippen LogP contribution in [0.5, 0.6) is 0 Å². The highest BCUT2D eigenvalue weighted by atomic mass is 16.1. The maximum Gasteiger partial charge on any atom is 0.220 e. The molecule has 0 atom stereocenters. The van der Waals surface area contributed by atoms with E-state index in [-0.39, 0.29) is 5.91 Å². The molecule has 3 nitrogen and oxygen atoms in total. The van der Waals surface area contributed by atoms with Crippen molar-refractivity contribution in [1.29, 1.82) is 0 Å². The lowest BCUT2D eigenvalue weighted by atomic mass is 10.1. The van der Waals surface area contributed by atoms with Gasteiger partial charge in [-0.3, -0.25) is 4.79 Å². The van der Waals surface area contributed by atoms with Crippen molar-refractivity contribution in [1.82, 2.24) is 10.2 Å². The van der Waals surface area contributed by atoms with E-state index < -0.39 is 0 Å². The number of hydrogen-bond acceptors (Lipinski definition) is 2. The molecule has 0 aliphatic carbocycles. The van der Waals surface area contributed by atoms with Crippen LogP contribution in [0, 0.1) is 0 Å². The summed E-state index contributed by atoms with van der Waals surface area (Å²) in [5.41, 5.74) is 1.29. The van der Waals surface area contributed by atoms with Crippen LogP contribution in [-0.2, 0) is 4.79 Å². The van der Waals surface area contributed by atoms with Gasteiger partial charge in [-0.1, -0.05) is 11.6 Å². The number of nitrogens with one attached hydrogen (secondary N) is 1. The first kappa shape index (κ1) is 13.2. The van der Waals surface area contributed by atoms with E-state index in [1.165, 1.54) is 31.5 Å². The second-order valence-electron chi connectivity index (χ2n) is 4.53. The summed E-state index contributed by atoms with van der Waals surface area (Å²) in [6.45, 7) is 8.29. The molecule has 0 bridgehead atoms. The van der Waals surface area contributed by atoms with Gasteiger partial charge in [-0.25, -0.2) is 0 Å². The molecule has 3 heteroatoms. The van der Waals surface area contributed by atoms with Gasteiger partial charge in [-0.05, 0) is 46.2 Å². The molecule has 1 aliphatic rings. The summed E-state index contributed by atoms with van der Waals surface area (Å²) in [7, 11) is 0. The van der Waals surface area contributed by atoms with Gasteiger partial charge in [0.25, 0.3) is 0 Å². The number of rotatable bonds is 6. The van der Waals surface area contributed by atoms with Crippen LogP contribution in [0.25, 0.3) is 0 Å². The van der Waals surface area contributed by atoms with Crippen LogP contribution in [-0.4, -0.2) is 37.0 Å². The third-order valence-electron chi connectivity index (χ3n) is 3.19. The number of nitrogens with zero attached hydrogens (tertiary/aromatic N) is 1. The van der Waals surface area contributed by atoms with Crippen LogP contribution >= 0.6 is 0 Å². The molecule has 0 unspecified atom stereocenters. The molecule has 0 aromatic rings. The maximum absolute atomic E-state index is 11.5. The van der Waals surface area contributed by atoms with Crippen molar-refractivity contribution in [2.75, 3.05) is 26.2 Å². The maximum atomic E-state index is 11.5. The van der Waals surface area contributed by atoms with E-state index in [1.807, 2.05) is 6.92 Å². The molecule has 16 heavy (non-hydrogen) atoms. The highest BCUT2D eigenvalue weighted by Crippen LogP contribution is 2.06. The average molecular weight is 224 g/mol. The number of carbonyl (C=O) groups is 1. The van der Waals surface area contributed by atoms with E-state index in [0.717, 1.165) is 19.5 Å². The molecule has 0 spiro atoms. The summed E-state index contributed by atoms with van der Waals surface area (Å²) in [5.74, 6) is 0.181. The highest BCUT2D eigenvalue weighted by molar-refractivity contribution is 5.76. The van der Waals surface area contributed by atoms with Gasteiger partial charge in [0.1, 0.15) is 0 Å². The first-order valence-corrected chi connectivity index (χ1v) is 6.33. The zero-order chi connectivity index (χ0) is 11.8. The van der Waals surface area contributed by atoms with E-state index in [0.29, 0.717) is 6.42 Å². The van der Waals surface area contributed by atoms with Crippen LogP contribution in [0.1, 0.15) is 39.5 Å². The molecule has 92 valence electrons. The molecule has 1 saturated heterocycles. The summed E-state index contributed by atoms with van der Waals surface area (Å²) in [6.07, 6.45) is 6.20. The van der Waals surface area contributed by atoms with Gasteiger partial charge in [-0.2, -0.15) is 0 Å². The molecular formula is C13H24N2O. The largest absolute Gasteiger partial charge is 0.355 e. The number of amides is 1. The fourth-order valence-corrected chi connectivity index (χ4v) is 1.90. The molecule has 1 N–H and O–H groups in total. The number of likely N-dealkylation sites (tertiary alicyclic amines) is 1. The Morgan fingerprint density at radius 3 is 2.62 bits per heavy atom. The quantitative estimate of drug-likeness (QED) is 0.699. The van der Waals surface area contributed by atoms with Crippen molar-refractivity contribution < 1.29 is 4.79 Å². The van der Waals surface area contributed by atoms with Gasteiger partial charge in [0.05, 0.1) is 0 Å². The van der Waals surface area contributed by atoms with Crippen molar-refractivity contribution in [3.05, 3.63) is 11.6 Å². The number of hydrogen-bond donors (Lipinski definition) is 1. The Bertz CT molecular complexity index is 242. The fraction of sp³-hybridized carbons (Fsp3) is 0.769. The smallest absolute Gasteiger partial charge is 0.220 e.